The van der Waals surface area contributed by atoms with Crippen LogP contribution in [0.3, 0.4) is 0 Å². The smallest absolute Gasteiger partial charge is 0.270 e. The number of ketones is 1. The van der Waals surface area contributed by atoms with Gasteiger partial charge in [-0.15, -0.1) is 0 Å². The second-order valence-corrected chi connectivity index (χ2v) is 7.52. The zero-order valence-electron chi connectivity index (χ0n) is 16.0. The molecule has 8 heteroatoms. The number of amides is 1. The second kappa shape index (κ2) is 8.68. The number of carbonyl (C=O) groups excluding carboxylic acids is 2. The Balaban J connectivity index is 1.70. The number of carbonyl (C=O) groups is 2. The SMILES string of the molecule is O=C(Nc1nc(-c2ccccc2)c(C(=O)c2ccccc2)s1)c1cccc([N+](=O)[O-])c1. The minimum atomic E-state index is -0.565. The number of nitrogens with one attached hydrogen (secondary N) is 1. The maximum atomic E-state index is 13.1. The summed E-state index contributed by atoms with van der Waals surface area (Å²) in [5, 5.41) is 13.9. The number of nitro groups is 1. The van der Waals surface area contributed by atoms with Gasteiger partial charge in [0.15, 0.2) is 5.13 Å². The van der Waals surface area contributed by atoms with Crippen LogP contribution in [0.4, 0.5) is 10.8 Å². The molecule has 1 amide bonds. The van der Waals surface area contributed by atoms with Crippen molar-refractivity contribution in [3.05, 3.63) is 111 Å². The van der Waals surface area contributed by atoms with Gasteiger partial charge in [0.25, 0.3) is 11.6 Å². The van der Waals surface area contributed by atoms with Gasteiger partial charge in [0.2, 0.25) is 5.78 Å². The van der Waals surface area contributed by atoms with Crippen LogP contribution in [0, 0.1) is 10.1 Å². The molecule has 7 nitrogen and oxygen atoms in total. The number of anilines is 1. The van der Waals surface area contributed by atoms with Crippen molar-refractivity contribution in [1.29, 1.82) is 0 Å². The van der Waals surface area contributed by atoms with Gasteiger partial charge in [-0.3, -0.25) is 25.0 Å². The fourth-order valence-electron chi connectivity index (χ4n) is 2.97. The molecule has 0 radical (unpaired) electrons. The summed E-state index contributed by atoms with van der Waals surface area (Å²) in [4.78, 5) is 41.0. The standard InChI is InChI=1S/C23H15N3O4S/c27-20(16-10-5-2-6-11-16)21-19(15-8-3-1-4-9-15)24-23(31-21)25-22(28)17-12-7-13-18(14-17)26(29)30/h1-14H,(H,24,25,28). The van der Waals surface area contributed by atoms with Crippen molar-refractivity contribution in [1.82, 2.24) is 4.98 Å². The monoisotopic (exact) mass is 429 g/mol. The molecular formula is C23H15N3O4S. The van der Waals surface area contributed by atoms with Crippen molar-refractivity contribution in [2.45, 2.75) is 0 Å². The van der Waals surface area contributed by atoms with E-state index in [1.54, 1.807) is 24.3 Å². The Bertz CT molecular complexity index is 1270. The lowest BCUT2D eigenvalue weighted by Gasteiger charge is -2.02. The van der Waals surface area contributed by atoms with Crippen LogP contribution in [0.5, 0.6) is 0 Å². The van der Waals surface area contributed by atoms with Crippen LogP contribution in [0.25, 0.3) is 11.3 Å². The number of hydrogen-bond donors (Lipinski definition) is 1. The van der Waals surface area contributed by atoms with Crippen molar-refractivity contribution >= 4 is 33.8 Å². The Morgan fingerprint density at radius 3 is 2.19 bits per heavy atom. The van der Waals surface area contributed by atoms with E-state index in [4.69, 9.17) is 0 Å². The predicted octanol–water partition coefficient (Wildman–Crippen LogP) is 5.20. The number of non-ortho nitro benzene ring substituents is 1. The van der Waals surface area contributed by atoms with Crippen molar-refractivity contribution in [2.75, 3.05) is 5.32 Å². The van der Waals surface area contributed by atoms with Gasteiger partial charge in [0.1, 0.15) is 4.88 Å². The largest absolute Gasteiger partial charge is 0.298 e. The van der Waals surface area contributed by atoms with Crippen molar-refractivity contribution in [3.8, 4) is 11.3 Å². The minimum Gasteiger partial charge on any atom is -0.298 e. The fourth-order valence-corrected chi connectivity index (χ4v) is 3.91. The van der Waals surface area contributed by atoms with Gasteiger partial charge in [-0.1, -0.05) is 78.1 Å². The van der Waals surface area contributed by atoms with Gasteiger partial charge in [-0.25, -0.2) is 4.98 Å². The number of rotatable bonds is 6. The first-order valence-electron chi connectivity index (χ1n) is 9.25. The van der Waals surface area contributed by atoms with Crippen molar-refractivity contribution < 1.29 is 14.5 Å². The molecule has 0 spiro atoms. The quantitative estimate of drug-likeness (QED) is 0.258. The molecule has 1 heterocycles. The average molecular weight is 429 g/mol. The highest BCUT2D eigenvalue weighted by atomic mass is 32.1. The molecule has 0 fully saturated rings. The lowest BCUT2D eigenvalue weighted by Crippen LogP contribution is -2.11. The molecule has 4 aromatic rings. The van der Waals surface area contributed by atoms with Crippen LogP contribution in [0.15, 0.2) is 84.9 Å². The molecule has 1 aromatic heterocycles. The summed E-state index contributed by atoms with van der Waals surface area (Å²) in [5.74, 6) is -0.747. The van der Waals surface area contributed by atoms with E-state index in [1.807, 2.05) is 36.4 Å². The molecule has 0 atom stereocenters. The second-order valence-electron chi connectivity index (χ2n) is 6.52. The summed E-state index contributed by atoms with van der Waals surface area (Å²) < 4.78 is 0. The Labute approximate surface area is 181 Å². The third-order valence-corrected chi connectivity index (χ3v) is 5.43. The van der Waals surface area contributed by atoms with E-state index in [1.165, 1.54) is 24.3 Å². The summed E-state index contributed by atoms with van der Waals surface area (Å²) in [6.45, 7) is 0. The van der Waals surface area contributed by atoms with Gasteiger partial charge in [-0.2, -0.15) is 0 Å². The maximum absolute atomic E-state index is 13.1. The molecule has 0 saturated heterocycles. The molecule has 0 unspecified atom stereocenters. The highest BCUT2D eigenvalue weighted by Crippen LogP contribution is 2.33. The normalized spacial score (nSPS) is 10.5. The van der Waals surface area contributed by atoms with E-state index in [-0.39, 0.29) is 22.2 Å². The number of benzene rings is 3. The molecule has 4 rings (SSSR count). The lowest BCUT2D eigenvalue weighted by atomic mass is 10.1. The number of aromatic nitrogens is 1. The molecule has 152 valence electrons. The summed E-state index contributed by atoms with van der Waals surface area (Å²) >= 11 is 1.06. The van der Waals surface area contributed by atoms with E-state index >= 15 is 0 Å². The van der Waals surface area contributed by atoms with Crippen LogP contribution in [-0.4, -0.2) is 21.6 Å². The highest BCUT2D eigenvalue weighted by molar-refractivity contribution is 7.18. The average Bonchev–Trinajstić information content (AvgIpc) is 3.23. The van der Waals surface area contributed by atoms with Crippen LogP contribution in [0.2, 0.25) is 0 Å². The molecule has 0 saturated carbocycles. The first kappa shape index (κ1) is 20.1. The first-order chi connectivity index (χ1) is 15.0. The summed E-state index contributed by atoms with van der Waals surface area (Å²) in [6.07, 6.45) is 0. The Morgan fingerprint density at radius 2 is 1.52 bits per heavy atom. The maximum Gasteiger partial charge on any atom is 0.270 e. The molecule has 0 bridgehead atoms. The molecule has 0 aliphatic rings. The van der Waals surface area contributed by atoms with E-state index in [2.05, 4.69) is 10.3 Å². The van der Waals surface area contributed by atoms with E-state index in [0.29, 0.717) is 16.1 Å². The highest BCUT2D eigenvalue weighted by Gasteiger charge is 2.22. The Kier molecular flexibility index (Phi) is 5.63. The van der Waals surface area contributed by atoms with E-state index in [9.17, 15) is 19.7 Å². The molecule has 3 aromatic carbocycles. The third kappa shape index (κ3) is 4.39. The molecule has 31 heavy (non-hydrogen) atoms. The van der Waals surface area contributed by atoms with Crippen molar-refractivity contribution in [3.63, 3.8) is 0 Å². The van der Waals surface area contributed by atoms with Gasteiger partial charge in [-0.05, 0) is 6.07 Å². The summed E-state index contributed by atoms with van der Waals surface area (Å²) in [5.41, 5.74) is 1.67. The molecular weight excluding hydrogens is 414 g/mol. The molecule has 1 N–H and O–H groups in total. The molecule has 0 aliphatic heterocycles. The van der Waals surface area contributed by atoms with Gasteiger partial charge in [0, 0.05) is 28.8 Å². The van der Waals surface area contributed by atoms with Crippen LogP contribution in [-0.2, 0) is 0 Å². The van der Waals surface area contributed by atoms with Gasteiger partial charge in [0.05, 0.1) is 10.6 Å². The zero-order valence-corrected chi connectivity index (χ0v) is 16.8. The number of nitrogens with zero attached hydrogens (tertiary/aromatic N) is 2. The Morgan fingerprint density at radius 1 is 0.871 bits per heavy atom. The van der Waals surface area contributed by atoms with E-state index in [0.717, 1.165) is 16.9 Å². The van der Waals surface area contributed by atoms with Crippen molar-refractivity contribution in [2.24, 2.45) is 0 Å². The first-order valence-corrected chi connectivity index (χ1v) is 10.1. The number of hydrogen-bond acceptors (Lipinski definition) is 6. The zero-order chi connectivity index (χ0) is 21.8. The van der Waals surface area contributed by atoms with Crippen LogP contribution in [0.1, 0.15) is 25.6 Å². The topological polar surface area (TPSA) is 102 Å². The predicted molar refractivity (Wildman–Crippen MR) is 118 cm³/mol. The minimum absolute atomic E-state index is 0.126. The Hall–Kier alpha value is -4.17. The lowest BCUT2D eigenvalue weighted by molar-refractivity contribution is -0.384. The summed E-state index contributed by atoms with van der Waals surface area (Å²) in [6, 6.07) is 23.5. The third-order valence-electron chi connectivity index (χ3n) is 4.46. The van der Waals surface area contributed by atoms with Gasteiger partial charge < -0.3 is 0 Å². The number of nitro benzene ring substituents is 1. The number of thiazole rings is 1. The van der Waals surface area contributed by atoms with Crippen LogP contribution < -0.4 is 5.32 Å². The van der Waals surface area contributed by atoms with Crippen LogP contribution >= 0.6 is 11.3 Å². The molecule has 0 aliphatic carbocycles. The van der Waals surface area contributed by atoms with Gasteiger partial charge >= 0.3 is 0 Å². The fraction of sp³-hybridized carbons (Fsp3) is 0. The summed E-state index contributed by atoms with van der Waals surface area (Å²) in [7, 11) is 0. The van der Waals surface area contributed by atoms with E-state index < -0.39 is 10.8 Å².